The minimum absolute atomic E-state index is 1.00. The Morgan fingerprint density at radius 1 is 0.875 bits per heavy atom. The summed E-state index contributed by atoms with van der Waals surface area (Å²) in [7, 11) is 2.81. The highest BCUT2D eigenvalue weighted by atomic mass is 31.0. The molecule has 0 spiro atoms. The Kier molecular flexibility index (Phi) is 3.41. The van der Waals surface area contributed by atoms with Gasteiger partial charge in [-0.2, -0.15) is 0 Å². The Labute approximate surface area is 99.9 Å². The number of aryl methyl sites for hydroxylation is 2. The molecule has 2 rings (SSSR count). The SMILES string of the molecule is Cc1ccc(-c2ccc(C)cc2CP)cc1. The van der Waals surface area contributed by atoms with Gasteiger partial charge in [0.1, 0.15) is 0 Å². The van der Waals surface area contributed by atoms with E-state index in [0.717, 1.165) is 6.16 Å². The van der Waals surface area contributed by atoms with Gasteiger partial charge in [0.05, 0.1) is 0 Å². The van der Waals surface area contributed by atoms with Crippen LogP contribution >= 0.6 is 9.24 Å². The molecular formula is C15H17P. The van der Waals surface area contributed by atoms with Crippen LogP contribution in [0, 0.1) is 13.8 Å². The molecule has 0 nitrogen and oxygen atoms in total. The lowest BCUT2D eigenvalue weighted by Gasteiger charge is -2.09. The molecule has 1 unspecified atom stereocenters. The van der Waals surface area contributed by atoms with Gasteiger partial charge in [-0.25, -0.2) is 0 Å². The first-order valence-electron chi connectivity index (χ1n) is 5.57. The van der Waals surface area contributed by atoms with Crippen LogP contribution < -0.4 is 0 Å². The third-order valence-corrected chi connectivity index (χ3v) is 3.28. The van der Waals surface area contributed by atoms with Crippen LogP contribution in [0.4, 0.5) is 0 Å². The third kappa shape index (κ3) is 2.33. The molecule has 0 heterocycles. The minimum Gasteiger partial charge on any atom is -0.133 e. The summed E-state index contributed by atoms with van der Waals surface area (Å²) in [4.78, 5) is 0. The van der Waals surface area contributed by atoms with Crippen LogP contribution in [0.2, 0.25) is 0 Å². The van der Waals surface area contributed by atoms with E-state index in [1.54, 1.807) is 0 Å². The average molecular weight is 228 g/mol. The van der Waals surface area contributed by atoms with Gasteiger partial charge in [-0.05, 0) is 36.7 Å². The molecule has 0 fully saturated rings. The van der Waals surface area contributed by atoms with E-state index >= 15 is 0 Å². The summed E-state index contributed by atoms with van der Waals surface area (Å²) in [5.74, 6) is 0. The fourth-order valence-corrected chi connectivity index (χ4v) is 2.24. The maximum Gasteiger partial charge on any atom is -0.0122 e. The molecule has 0 aliphatic carbocycles. The van der Waals surface area contributed by atoms with Crippen molar-refractivity contribution < 1.29 is 0 Å². The fourth-order valence-electron chi connectivity index (χ4n) is 1.91. The Morgan fingerprint density at radius 2 is 1.50 bits per heavy atom. The van der Waals surface area contributed by atoms with E-state index in [0.29, 0.717) is 0 Å². The quantitative estimate of drug-likeness (QED) is 0.670. The highest BCUT2D eigenvalue weighted by Crippen LogP contribution is 2.26. The second-order valence-corrected chi connectivity index (χ2v) is 4.64. The summed E-state index contributed by atoms with van der Waals surface area (Å²) in [5.41, 5.74) is 6.69. The minimum atomic E-state index is 1.00. The molecular weight excluding hydrogens is 211 g/mol. The smallest absolute Gasteiger partial charge is 0.0122 e. The Bertz CT molecular complexity index is 483. The summed E-state index contributed by atoms with van der Waals surface area (Å²) in [6, 6.07) is 15.4. The van der Waals surface area contributed by atoms with Gasteiger partial charge in [-0.15, -0.1) is 9.24 Å². The van der Waals surface area contributed by atoms with Gasteiger partial charge < -0.3 is 0 Å². The first kappa shape index (κ1) is 11.4. The van der Waals surface area contributed by atoms with Crippen LogP contribution in [-0.4, -0.2) is 0 Å². The molecule has 2 aromatic carbocycles. The van der Waals surface area contributed by atoms with Crippen molar-refractivity contribution in [2.45, 2.75) is 20.0 Å². The van der Waals surface area contributed by atoms with Gasteiger partial charge in [-0.1, -0.05) is 53.6 Å². The van der Waals surface area contributed by atoms with E-state index in [2.05, 4.69) is 65.6 Å². The summed E-state index contributed by atoms with van der Waals surface area (Å²) >= 11 is 0. The lowest BCUT2D eigenvalue weighted by atomic mass is 9.98. The molecule has 0 N–H and O–H groups in total. The summed E-state index contributed by atoms with van der Waals surface area (Å²) < 4.78 is 0. The van der Waals surface area contributed by atoms with Crippen molar-refractivity contribution in [2.75, 3.05) is 0 Å². The maximum atomic E-state index is 2.81. The first-order chi connectivity index (χ1) is 7.70. The van der Waals surface area contributed by atoms with E-state index < -0.39 is 0 Å². The second kappa shape index (κ2) is 4.80. The Morgan fingerprint density at radius 3 is 2.12 bits per heavy atom. The van der Waals surface area contributed by atoms with Crippen molar-refractivity contribution in [1.29, 1.82) is 0 Å². The van der Waals surface area contributed by atoms with Crippen molar-refractivity contribution in [2.24, 2.45) is 0 Å². The molecule has 0 bridgehead atoms. The Balaban J connectivity index is 2.51. The molecule has 82 valence electrons. The van der Waals surface area contributed by atoms with Crippen LogP contribution in [0.25, 0.3) is 11.1 Å². The van der Waals surface area contributed by atoms with E-state index in [1.807, 2.05) is 0 Å². The molecule has 1 atom stereocenters. The zero-order valence-electron chi connectivity index (χ0n) is 9.83. The van der Waals surface area contributed by atoms with Gasteiger partial charge >= 0.3 is 0 Å². The van der Waals surface area contributed by atoms with Crippen LogP contribution in [0.15, 0.2) is 42.5 Å². The normalized spacial score (nSPS) is 10.4. The second-order valence-electron chi connectivity index (χ2n) is 4.23. The highest BCUT2D eigenvalue weighted by Gasteiger charge is 2.03. The zero-order chi connectivity index (χ0) is 11.5. The van der Waals surface area contributed by atoms with Gasteiger partial charge in [0.25, 0.3) is 0 Å². The van der Waals surface area contributed by atoms with E-state index in [1.165, 1.54) is 27.8 Å². The van der Waals surface area contributed by atoms with Crippen molar-refractivity contribution in [3.05, 3.63) is 59.2 Å². The molecule has 0 amide bonds. The lowest BCUT2D eigenvalue weighted by Crippen LogP contribution is -1.87. The molecule has 0 aromatic heterocycles. The predicted molar refractivity (Wildman–Crippen MR) is 74.8 cm³/mol. The fraction of sp³-hybridized carbons (Fsp3) is 0.200. The van der Waals surface area contributed by atoms with Crippen molar-refractivity contribution in [1.82, 2.24) is 0 Å². The Hall–Kier alpha value is -1.13. The van der Waals surface area contributed by atoms with Crippen LogP contribution in [0.5, 0.6) is 0 Å². The predicted octanol–water partition coefficient (Wildman–Crippen LogP) is 4.35. The number of benzene rings is 2. The third-order valence-electron chi connectivity index (χ3n) is 2.84. The van der Waals surface area contributed by atoms with Crippen molar-refractivity contribution in [3.8, 4) is 11.1 Å². The number of hydrogen-bond acceptors (Lipinski definition) is 0. The van der Waals surface area contributed by atoms with Gasteiger partial charge in [-0.3, -0.25) is 0 Å². The maximum absolute atomic E-state index is 2.81. The number of rotatable bonds is 2. The molecule has 16 heavy (non-hydrogen) atoms. The molecule has 0 aliphatic heterocycles. The zero-order valence-corrected chi connectivity index (χ0v) is 11.0. The van der Waals surface area contributed by atoms with E-state index in [-0.39, 0.29) is 0 Å². The van der Waals surface area contributed by atoms with Gasteiger partial charge in [0.15, 0.2) is 0 Å². The summed E-state index contributed by atoms with van der Waals surface area (Å²) in [5, 5.41) is 0. The molecule has 1 heteroatoms. The average Bonchev–Trinajstić information content (AvgIpc) is 2.30. The van der Waals surface area contributed by atoms with Crippen LogP contribution in [-0.2, 0) is 6.16 Å². The topological polar surface area (TPSA) is 0 Å². The summed E-state index contributed by atoms with van der Waals surface area (Å²) in [6.45, 7) is 4.26. The van der Waals surface area contributed by atoms with Gasteiger partial charge in [0.2, 0.25) is 0 Å². The first-order valence-corrected chi connectivity index (χ1v) is 6.39. The molecule has 0 aliphatic rings. The van der Waals surface area contributed by atoms with Gasteiger partial charge in [0, 0.05) is 0 Å². The van der Waals surface area contributed by atoms with Crippen molar-refractivity contribution >= 4 is 9.24 Å². The van der Waals surface area contributed by atoms with E-state index in [4.69, 9.17) is 0 Å². The molecule has 0 radical (unpaired) electrons. The van der Waals surface area contributed by atoms with Crippen LogP contribution in [0.1, 0.15) is 16.7 Å². The summed E-state index contributed by atoms with van der Waals surface area (Å²) in [6.07, 6.45) is 1.00. The van der Waals surface area contributed by atoms with E-state index in [9.17, 15) is 0 Å². The van der Waals surface area contributed by atoms with Crippen LogP contribution in [0.3, 0.4) is 0 Å². The highest BCUT2D eigenvalue weighted by molar-refractivity contribution is 7.15. The monoisotopic (exact) mass is 228 g/mol. The molecule has 2 aromatic rings. The molecule has 0 saturated heterocycles. The number of hydrogen-bond donors (Lipinski definition) is 0. The lowest BCUT2D eigenvalue weighted by molar-refractivity contribution is 1.35. The van der Waals surface area contributed by atoms with Crippen molar-refractivity contribution in [3.63, 3.8) is 0 Å². The largest absolute Gasteiger partial charge is 0.133 e. The standard InChI is InChI=1S/C15H17P/c1-11-3-6-13(7-4-11)15-8-5-12(2)9-14(15)10-16/h3-9H,10,16H2,1-2H3. The molecule has 0 saturated carbocycles.